The summed E-state index contributed by atoms with van der Waals surface area (Å²) in [6.07, 6.45) is 0. The first-order valence-electron chi connectivity index (χ1n) is 5.99. The van der Waals surface area contributed by atoms with E-state index in [0.717, 1.165) is 0 Å². The number of benzene rings is 2. The summed E-state index contributed by atoms with van der Waals surface area (Å²) in [7, 11) is 1.88. The van der Waals surface area contributed by atoms with Gasteiger partial charge in [0.1, 0.15) is 5.82 Å². The Labute approximate surface area is 117 Å². The Morgan fingerprint density at radius 1 is 1.26 bits per heavy atom. The zero-order valence-electron chi connectivity index (χ0n) is 11.0. The smallest absolute Gasteiger partial charge is 0.144 e. The second-order valence-corrected chi connectivity index (χ2v) is 5.01. The van der Waals surface area contributed by atoms with Gasteiger partial charge in [-0.1, -0.05) is 35.9 Å². The third-order valence-corrected chi connectivity index (χ3v) is 3.44. The van der Waals surface area contributed by atoms with Gasteiger partial charge in [-0.2, -0.15) is 0 Å². The second kappa shape index (κ2) is 5.49. The van der Waals surface area contributed by atoms with E-state index in [0.29, 0.717) is 17.9 Å². The van der Waals surface area contributed by atoms with Crippen molar-refractivity contribution < 1.29 is 4.39 Å². The van der Waals surface area contributed by atoms with Crippen molar-refractivity contribution in [2.75, 3.05) is 17.7 Å². The predicted molar refractivity (Wildman–Crippen MR) is 79.1 cm³/mol. The Kier molecular flexibility index (Phi) is 3.96. The Balaban J connectivity index is 2.28. The maximum Gasteiger partial charge on any atom is 0.144 e. The standard InChI is InChI=1S/C15H16ClFN2/c1-10-5-3-4-6-11(10)9-19(2)15-8-13(17)12(16)7-14(15)18/h3-8H,9,18H2,1-2H3. The monoisotopic (exact) mass is 278 g/mol. The average Bonchev–Trinajstić information content (AvgIpc) is 2.36. The molecular formula is C15H16ClFN2. The maximum absolute atomic E-state index is 13.5. The molecule has 0 fully saturated rings. The number of rotatable bonds is 3. The molecule has 0 spiro atoms. The minimum atomic E-state index is -0.456. The van der Waals surface area contributed by atoms with Crippen molar-refractivity contribution in [2.24, 2.45) is 0 Å². The molecule has 19 heavy (non-hydrogen) atoms. The topological polar surface area (TPSA) is 29.3 Å². The fourth-order valence-electron chi connectivity index (χ4n) is 2.01. The number of aryl methyl sites for hydroxylation is 1. The van der Waals surface area contributed by atoms with Gasteiger partial charge in [-0.25, -0.2) is 4.39 Å². The van der Waals surface area contributed by atoms with Gasteiger partial charge in [0.2, 0.25) is 0 Å². The van der Waals surface area contributed by atoms with E-state index in [4.69, 9.17) is 17.3 Å². The average molecular weight is 279 g/mol. The largest absolute Gasteiger partial charge is 0.397 e. The molecule has 0 aliphatic heterocycles. The summed E-state index contributed by atoms with van der Waals surface area (Å²) >= 11 is 5.70. The van der Waals surface area contributed by atoms with Crippen molar-refractivity contribution in [3.63, 3.8) is 0 Å². The number of nitrogen functional groups attached to an aromatic ring is 1. The Hall–Kier alpha value is -1.74. The molecule has 2 aromatic rings. The molecule has 0 aliphatic carbocycles. The van der Waals surface area contributed by atoms with Gasteiger partial charge in [0.05, 0.1) is 16.4 Å². The molecule has 2 rings (SSSR count). The first kappa shape index (κ1) is 13.7. The highest BCUT2D eigenvalue weighted by molar-refractivity contribution is 6.31. The van der Waals surface area contributed by atoms with Gasteiger partial charge in [0.25, 0.3) is 0 Å². The van der Waals surface area contributed by atoms with Crippen LogP contribution in [0.5, 0.6) is 0 Å². The Bertz CT molecular complexity index is 599. The van der Waals surface area contributed by atoms with Gasteiger partial charge in [0, 0.05) is 19.7 Å². The fourth-order valence-corrected chi connectivity index (χ4v) is 2.18. The van der Waals surface area contributed by atoms with Crippen LogP contribution in [0, 0.1) is 12.7 Å². The summed E-state index contributed by atoms with van der Waals surface area (Å²) < 4.78 is 13.5. The van der Waals surface area contributed by atoms with E-state index in [1.54, 1.807) is 0 Å². The lowest BCUT2D eigenvalue weighted by atomic mass is 10.1. The molecule has 0 saturated carbocycles. The van der Waals surface area contributed by atoms with E-state index in [1.165, 1.54) is 23.3 Å². The number of nitrogens with zero attached hydrogens (tertiary/aromatic N) is 1. The van der Waals surface area contributed by atoms with Crippen LogP contribution in [0.15, 0.2) is 36.4 Å². The van der Waals surface area contributed by atoms with Crippen LogP contribution in [0.25, 0.3) is 0 Å². The highest BCUT2D eigenvalue weighted by Gasteiger charge is 2.11. The molecule has 0 bridgehead atoms. The van der Waals surface area contributed by atoms with Crippen LogP contribution >= 0.6 is 11.6 Å². The van der Waals surface area contributed by atoms with E-state index >= 15 is 0 Å². The van der Waals surface area contributed by atoms with Crippen molar-refractivity contribution in [1.82, 2.24) is 0 Å². The highest BCUT2D eigenvalue weighted by atomic mass is 35.5. The van der Waals surface area contributed by atoms with E-state index in [2.05, 4.69) is 13.0 Å². The Morgan fingerprint density at radius 2 is 1.95 bits per heavy atom. The van der Waals surface area contributed by atoms with Gasteiger partial charge < -0.3 is 10.6 Å². The van der Waals surface area contributed by atoms with Gasteiger partial charge in [-0.15, -0.1) is 0 Å². The van der Waals surface area contributed by atoms with Crippen LogP contribution in [0.3, 0.4) is 0 Å². The van der Waals surface area contributed by atoms with E-state index in [9.17, 15) is 4.39 Å². The first-order valence-corrected chi connectivity index (χ1v) is 6.37. The first-order chi connectivity index (χ1) is 8.99. The summed E-state index contributed by atoms with van der Waals surface area (Å²) in [5, 5.41) is 0.0468. The van der Waals surface area contributed by atoms with Crippen LogP contribution in [-0.4, -0.2) is 7.05 Å². The van der Waals surface area contributed by atoms with Crippen LogP contribution in [0.2, 0.25) is 5.02 Å². The lowest BCUT2D eigenvalue weighted by Gasteiger charge is -2.22. The lowest BCUT2D eigenvalue weighted by molar-refractivity contribution is 0.628. The summed E-state index contributed by atoms with van der Waals surface area (Å²) in [5.41, 5.74) is 9.39. The molecule has 0 heterocycles. The van der Waals surface area contributed by atoms with Crippen LogP contribution in [0.1, 0.15) is 11.1 Å². The summed E-state index contributed by atoms with van der Waals surface area (Å²) in [6, 6.07) is 10.9. The Morgan fingerprint density at radius 3 is 2.63 bits per heavy atom. The van der Waals surface area contributed by atoms with E-state index < -0.39 is 5.82 Å². The molecule has 0 aromatic heterocycles. The van der Waals surface area contributed by atoms with Crippen molar-refractivity contribution in [1.29, 1.82) is 0 Å². The molecule has 2 aromatic carbocycles. The van der Waals surface area contributed by atoms with Crippen molar-refractivity contribution >= 4 is 23.0 Å². The van der Waals surface area contributed by atoms with Crippen molar-refractivity contribution in [2.45, 2.75) is 13.5 Å². The third kappa shape index (κ3) is 2.99. The second-order valence-electron chi connectivity index (χ2n) is 4.61. The quantitative estimate of drug-likeness (QED) is 0.860. The molecule has 0 aliphatic rings. The molecule has 0 saturated heterocycles. The normalized spacial score (nSPS) is 10.5. The van der Waals surface area contributed by atoms with Crippen LogP contribution < -0.4 is 10.6 Å². The number of hydrogen-bond acceptors (Lipinski definition) is 2. The highest BCUT2D eigenvalue weighted by Crippen LogP contribution is 2.29. The molecule has 0 radical (unpaired) electrons. The molecule has 0 amide bonds. The zero-order chi connectivity index (χ0) is 14.0. The van der Waals surface area contributed by atoms with Gasteiger partial charge >= 0.3 is 0 Å². The molecule has 100 valence electrons. The number of nitrogens with two attached hydrogens (primary N) is 1. The molecule has 2 nitrogen and oxygen atoms in total. The summed E-state index contributed by atoms with van der Waals surface area (Å²) in [4.78, 5) is 1.91. The molecule has 4 heteroatoms. The van der Waals surface area contributed by atoms with E-state index in [-0.39, 0.29) is 5.02 Å². The van der Waals surface area contributed by atoms with E-state index in [1.807, 2.05) is 30.1 Å². The molecule has 0 unspecified atom stereocenters. The number of hydrogen-bond donors (Lipinski definition) is 1. The summed E-state index contributed by atoms with van der Waals surface area (Å²) in [5.74, 6) is -0.456. The van der Waals surface area contributed by atoms with Crippen LogP contribution in [0.4, 0.5) is 15.8 Å². The van der Waals surface area contributed by atoms with Gasteiger partial charge in [0.15, 0.2) is 0 Å². The third-order valence-electron chi connectivity index (χ3n) is 3.15. The number of anilines is 2. The van der Waals surface area contributed by atoms with Gasteiger partial charge in [-0.3, -0.25) is 0 Å². The number of halogens is 2. The molecule has 0 atom stereocenters. The lowest BCUT2D eigenvalue weighted by Crippen LogP contribution is -2.18. The SMILES string of the molecule is Cc1ccccc1CN(C)c1cc(F)c(Cl)cc1N. The molecule has 2 N–H and O–H groups in total. The van der Waals surface area contributed by atoms with Crippen LogP contribution in [-0.2, 0) is 6.54 Å². The minimum Gasteiger partial charge on any atom is -0.397 e. The maximum atomic E-state index is 13.5. The fraction of sp³-hybridized carbons (Fsp3) is 0.200. The zero-order valence-corrected chi connectivity index (χ0v) is 11.7. The van der Waals surface area contributed by atoms with Crippen molar-refractivity contribution in [3.05, 3.63) is 58.4 Å². The minimum absolute atomic E-state index is 0.0468. The van der Waals surface area contributed by atoms with Crippen molar-refractivity contribution in [3.8, 4) is 0 Å². The van der Waals surface area contributed by atoms with Gasteiger partial charge in [-0.05, 0) is 24.1 Å². The summed E-state index contributed by atoms with van der Waals surface area (Å²) in [6.45, 7) is 2.72. The molecular weight excluding hydrogens is 263 g/mol. The predicted octanol–water partition coefficient (Wildman–Crippen LogP) is 4.01.